The molecule has 1 heteroatoms. The van der Waals surface area contributed by atoms with Crippen molar-refractivity contribution in [2.24, 2.45) is 5.92 Å². The van der Waals surface area contributed by atoms with Crippen LogP contribution in [0.2, 0.25) is 0 Å². The zero-order chi connectivity index (χ0) is 14.4. The molecule has 1 fully saturated rings. The molecule has 112 valence electrons. The summed E-state index contributed by atoms with van der Waals surface area (Å²) >= 11 is 0. The smallest absolute Gasteiger partial charge is 0.00984 e. The summed E-state index contributed by atoms with van der Waals surface area (Å²) in [4.78, 5) is 0. The Balaban J connectivity index is 1.91. The molecule has 1 N–H and O–H groups in total. The van der Waals surface area contributed by atoms with Crippen molar-refractivity contribution >= 4 is 0 Å². The Morgan fingerprint density at radius 1 is 1.15 bits per heavy atom. The molecule has 1 saturated carbocycles. The zero-order valence-corrected chi connectivity index (χ0v) is 13.5. The molecular formula is C19H31N. The van der Waals surface area contributed by atoms with Crippen molar-refractivity contribution in [2.75, 3.05) is 6.54 Å². The Kier molecular flexibility index (Phi) is 6.09. The number of hydrogen-bond donors (Lipinski definition) is 1. The number of aryl methyl sites for hydroxylation is 3. The standard InChI is InChI=1S/C19H31N/c1-4-13-20-19(18-7-5-6-8-18)12-11-17-10-9-15(2)16(3)14-17/h9-10,14,18-20H,4-8,11-13H2,1-3H3. The van der Waals surface area contributed by atoms with E-state index >= 15 is 0 Å². The average Bonchev–Trinajstić information content (AvgIpc) is 2.97. The molecular weight excluding hydrogens is 242 g/mol. The van der Waals surface area contributed by atoms with Gasteiger partial charge in [-0.2, -0.15) is 0 Å². The van der Waals surface area contributed by atoms with E-state index in [1.165, 1.54) is 68.2 Å². The SMILES string of the molecule is CCCNC(CCc1ccc(C)c(C)c1)C1CCCC1. The van der Waals surface area contributed by atoms with Crippen molar-refractivity contribution in [3.8, 4) is 0 Å². The van der Waals surface area contributed by atoms with Crippen molar-refractivity contribution in [1.29, 1.82) is 0 Å². The summed E-state index contributed by atoms with van der Waals surface area (Å²) in [5.41, 5.74) is 4.35. The van der Waals surface area contributed by atoms with Gasteiger partial charge in [0.15, 0.2) is 0 Å². The number of rotatable bonds is 7. The van der Waals surface area contributed by atoms with Gasteiger partial charge in [0.25, 0.3) is 0 Å². The molecule has 0 aromatic heterocycles. The molecule has 1 aliphatic carbocycles. The molecule has 0 saturated heterocycles. The van der Waals surface area contributed by atoms with Crippen LogP contribution in [0.4, 0.5) is 0 Å². The number of hydrogen-bond acceptors (Lipinski definition) is 1. The van der Waals surface area contributed by atoms with Gasteiger partial charge in [0.05, 0.1) is 0 Å². The quantitative estimate of drug-likeness (QED) is 0.753. The highest BCUT2D eigenvalue weighted by molar-refractivity contribution is 5.30. The molecule has 0 heterocycles. The number of benzene rings is 1. The van der Waals surface area contributed by atoms with Gasteiger partial charge in [-0.15, -0.1) is 0 Å². The normalized spacial score (nSPS) is 17.6. The van der Waals surface area contributed by atoms with Gasteiger partial charge in [0, 0.05) is 6.04 Å². The molecule has 0 bridgehead atoms. The highest BCUT2D eigenvalue weighted by atomic mass is 14.9. The third-order valence-corrected chi connectivity index (χ3v) is 4.94. The van der Waals surface area contributed by atoms with E-state index in [4.69, 9.17) is 0 Å². The molecule has 0 spiro atoms. The molecule has 2 rings (SSSR count). The maximum Gasteiger partial charge on any atom is 0.00984 e. The summed E-state index contributed by atoms with van der Waals surface area (Å²) in [5.74, 6) is 0.924. The van der Waals surface area contributed by atoms with Crippen molar-refractivity contribution in [3.05, 3.63) is 34.9 Å². The molecule has 1 atom stereocenters. The molecule has 1 nitrogen and oxygen atoms in total. The van der Waals surface area contributed by atoms with Gasteiger partial charge in [-0.3, -0.25) is 0 Å². The van der Waals surface area contributed by atoms with Gasteiger partial charge in [0.1, 0.15) is 0 Å². The van der Waals surface area contributed by atoms with Crippen molar-refractivity contribution in [3.63, 3.8) is 0 Å². The first-order valence-electron chi connectivity index (χ1n) is 8.50. The zero-order valence-electron chi connectivity index (χ0n) is 13.5. The van der Waals surface area contributed by atoms with E-state index in [0.29, 0.717) is 0 Å². The summed E-state index contributed by atoms with van der Waals surface area (Å²) in [5, 5.41) is 3.81. The van der Waals surface area contributed by atoms with Crippen LogP contribution in [0.25, 0.3) is 0 Å². The summed E-state index contributed by atoms with van der Waals surface area (Å²) < 4.78 is 0. The fourth-order valence-electron chi connectivity index (χ4n) is 3.48. The summed E-state index contributed by atoms with van der Waals surface area (Å²) in [7, 11) is 0. The molecule has 1 unspecified atom stereocenters. The first-order valence-corrected chi connectivity index (χ1v) is 8.50. The van der Waals surface area contributed by atoms with Crippen LogP contribution in [0.1, 0.15) is 62.1 Å². The van der Waals surface area contributed by atoms with E-state index in [9.17, 15) is 0 Å². The van der Waals surface area contributed by atoms with E-state index in [0.717, 1.165) is 12.0 Å². The van der Waals surface area contributed by atoms with Crippen LogP contribution < -0.4 is 5.32 Å². The lowest BCUT2D eigenvalue weighted by Crippen LogP contribution is -2.36. The maximum atomic E-state index is 3.81. The first kappa shape index (κ1) is 15.6. The third kappa shape index (κ3) is 4.34. The Hall–Kier alpha value is -0.820. The Morgan fingerprint density at radius 3 is 2.55 bits per heavy atom. The lowest BCUT2D eigenvalue weighted by Gasteiger charge is -2.25. The van der Waals surface area contributed by atoms with Gasteiger partial charge in [-0.05, 0) is 75.1 Å². The van der Waals surface area contributed by atoms with Gasteiger partial charge < -0.3 is 5.32 Å². The minimum atomic E-state index is 0.735. The van der Waals surface area contributed by atoms with E-state index < -0.39 is 0 Å². The largest absolute Gasteiger partial charge is 0.314 e. The topological polar surface area (TPSA) is 12.0 Å². The van der Waals surface area contributed by atoms with Crippen LogP contribution in [0.5, 0.6) is 0 Å². The van der Waals surface area contributed by atoms with Crippen LogP contribution in [-0.4, -0.2) is 12.6 Å². The summed E-state index contributed by atoms with van der Waals surface area (Å²) in [6, 6.07) is 7.70. The second kappa shape index (κ2) is 7.83. The van der Waals surface area contributed by atoms with Gasteiger partial charge in [-0.25, -0.2) is 0 Å². The van der Waals surface area contributed by atoms with E-state index in [2.05, 4.69) is 44.3 Å². The van der Waals surface area contributed by atoms with Gasteiger partial charge >= 0.3 is 0 Å². The predicted octanol–water partition coefficient (Wildman–Crippen LogP) is 4.79. The third-order valence-electron chi connectivity index (χ3n) is 4.94. The van der Waals surface area contributed by atoms with Crippen LogP contribution >= 0.6 is 0 Å². The minimum Gasteiger partial charge on any atom is -0.314 e. The lowest BCUT2D eigenvalue weighted by molar-refractivity contribution is 0.341. The summed E-state index contributed by atoms with van der Waals surface area (Å²) in [6.07, 6.45) is 9.53. The van der Waals surface area contributed by atoms with Gasteiger partial charge in [0.2, 0.25) is 0 Å². The highest BCUT2D eigenvalue weighted by Crippen LogP contribution is 2.29. The highest BCUT2D eigenvalue weighted by Gasteiger charge is 2.24. The molecule has 0 amide bonds. The predicted molar refractivity (Wildman–Crippen MR) is 88.3 cm³/mol. The second-order valence-electron chi connectivity index (χ2n) is 6.56. The van der Waals surface area contributed by atoms with Crippen molar-refractivity contribution < 1.29 is 0 Å². The first-order chi connectivity index (χ1) is 9.70. The molecule has 1 aliphatic rings. The van der Waals surface area contributed by atoms with Gasteiger partial charge in [-0.1, -0.05) is 38.0 Å². The maximum absolute atomic E-state index is 3.81. The van der Waals surface area contributed by atoms with Crippen LogP contribution in [0.15, 0.2) is 18.2 Å². The Labute approximate surface area is 125 Å². The van der Waals surface area contributed by atoms with Crippen LogP contribution in [0.3, 0.4) is 0 Å². The molecule has 1 aromatic rings. The van der Waals surface area contributed by atoms with Crippen LogP contribution in [0, 0.1) is 19.8 Å². The Morgan fingerprint density at radius 2 is 1.90 bits per heavy atom. The van der Waals surface area contributed by atoms with E-state index in [-0.39, 0.29) is 0 Å². The fourth-order valence-corrected chi connectivity index (χ4v) is 3.48. The molecule has 0 aliphatic heterocycles. The average molecular weight is 273 g/mol. The lowest BCUT2D eigenvalue weighted by atomic mass is 9.91. The molecule has 1 aromatic carbocycles. The van der Waals surface area contributed by atoms with E-state index in [1.807, 2.05) is 0 Å². The van der Waals surface area contributed by atoms with Crippen LogP contribution in [-0.2, 0) is 6.42 Å². The van der Waals surface area contributed by atoms with Crippen molar-refractivity contribution in [1.82, 2.24) is 5.32 Å². The molecule has 0 radical (unpaired) electrons. The number of nitrogens with one attached hydrogen (secondary N) is 1. The molecule has 20 heavy (non-hydrogen) atoms. The summed E-state index contributed by atoms with van der Waals surface area (Å²) in [6.45, 7) is 7.86. The Bertz CT molecular complexity index is 404. The van der Waals surface area contributed by atoms with Crippen molar-refractivity contribution in [2.45, 2.75) is 71.8 Å². The van der Waals surface area contributed by atoms with E-state index in [1.54, 1.807) is 0 Å². The second-order valence-corrected chi connectivity index (χ2v) is 6.56. The minimum absolute atomic E-state index is 0.735. The fraction of sp³-hybridized carbons (Fsp3) is 0.684. The monoisotopic (exact) mass is 273 g/mol.